The van der Waals surface area contributed by atoms with Crippen molar-refractivity contribution in [1.82, 2.24) is 14.7 Å². The SMILES string of the molecule is O=C1C2CC(O)CN2C2(CN(C3Cc4ccccc4C3)C2)C(=O)N1Cc1cccc(Cl)c1. The Morgan fingerprint density at radius 3 is 2.44 bits per heavy atom. The molecule has 1 aliphatic carbocycles. The Labute approximate surface area is 192 Å². The molecule has 0 saturated carbocycles. The third kappa shape index (κ3) is 3.05. The molecule has 2 atom stereocenters. The Balaban J connectivity index is 1.26. The fraction of sp³-hybridized carbons (Fsp3) is 0.440. The predicted molar refractivity (Wildman–Crippen MR) is 120 cm³/mol. The van der Waals surface area contributed by atoms with Crippen molar-refractivity contribution in [1.29, 1.82) is 0 Å². The number of hydrogen-bond donors (Lipinski definition) is 1. The Morgan fingerprint density at radius 2 is 1.75 bits per heavy atom. The number of piperazine rings is 1. The van der Waals surface area contributed by atoms with Gasteiger partial charge in [0.05, 0.1) is 18.7 Å². The van der Waals surface area contributed by atoms with E-state index in [9.17, 15) is 14.7 Å². The summed E-state index contributed by atoms with van der Waals surface area (Å²) in [5, 5.41) is 11.0. The van der Waals surface area contributed by atoms with Gasteiger partial charge >= 0.3 is 0 Å². The number of nitrogens with zero attached hydrogens (tertiary/aromatic N) is 3. The van der Waals surface area contributed by atoms with Gasteiger partial charge in [-0.25, -0.2) is 0 Å². The van der Waals surface area contributed by atoms with Crippen molar-refractivity contribution in [2.24, 2.45) is 0 Å². The number of carbonyl (C=O) groups excluding carboxylic acids is 2. The number of likely N-dealkylation sites (tertiary alicyclic amines) is 1. The monoisotopic (exact) mass is 451 g/mol. The van der Waals surface area contributed by atoms with Crippen LogP contribution in [0.5, 0.6) is 0 Å². The second-order valence-electron chi connectivity index (χ2n) is 9.68. The molecular weight excluding hydrogens is 426 g/mol. The molecule has 4 aliphatic rings. The standard InChI is InChI=1S/C25H26ClN3O3/c26-19-7-3-4-16(8-19)12-28-23(31)22-11-21(30)13-29(22)25(24(28)32)14-27(15-25)20-9-17-5-1-2-6-18(17)10-20/h1-8,20-22,30H,9-15H2. The molecule has 3 saturated heterocycles. The molecule has 1 N–H and O–H groups in total. The number of β-amino-alcohol motifs (C(OH)–C–C–N with tert-alkyl or cyclic N) is 1. The summed E-state index contributed by atoms with van der Waals surface area (Å²) in [6.07, 6.45) is 1.80. The van der Waals surface area contributed by atoms with Gasteiger partial charge in [0.25, 0.3) is 5.91 Å². The number of halogens is 1. The van der Waals surface area contributed by atoms with E-state index in [1.807, 2.05) is 17.0 Å². The smallest absolute Gasteiger partial charge is 0.252 e. The van der Waals surface area contributed by atoms with Gasteiger partial charge in [-0.1, -0.05) is 48.0 Å². The molecule has 1 spiro atoms. The highest BCUT2D eigenvalue weighted by Crippen LogP contribution is 2.43. The molecule has 0 aromatic heterocycles. The molecule has 166 valence electrons. The van der Waals surface area contributed by atoms with Crippen molar-refractivity contribution in [3.63, 3.8) is 0 Å². The van der Waals surface area contributed by atoms with Crippen LogP contribution in [0.2, 0.25) is 5.02 Å². The molecule has 0 bridgehead atoms. The van der Waals surface area contributed by atoms with Crippen molar-refractivity contribution >= 4 is 23.4 Å². The van der Waals surface area contributed by atoms with E-state index >= 15 is 0 Å². The minimum Gasteiger partial charge on any atom is -0.392 e. The molecule has 32 heavy (non-hydrogen) atoms. The lowest BCUT2D eigenvalue weighted by atomic mass is 9.81. The first kappa shape index (κ1) is 20.4. The van der Waals surface area contributed by atoms with Gasteiger partial charge in [0.15, 0.2) is 0 Å². The maximum atomic E-state index is 13.8. The molecule has 3 fully saturated rings. The Hall–Kier alpha value is -2.25. The summed E-state index contributed by atoms with van der Waals surface area (Å²) < 4.78 is 0. The molecular formula is C25H26ClN3O3. The van der Waals surface area contributed by atoms with Gasteiger partial charge in [-0.3, -0.25) is 24.3 Å². The summed E-state index contributed by atoms with van der Waals surface area (Å²) in [7, 11) is 0. The predicted octanol–water partition coefficient (Wildman–Crippen LogP) is 1.87. The molecule has 6 rings (SSSR count). The van der Waals surface area contributed by atoms with Crippen LogP contribution in [0, 0.1) is 0 Å². The maximum Gasteiger partial charge on any atom is 0.252 e. The van der Waals surface area contributed by atoms with Gasteiger partial charge in [0.2, 0.25) is 5.91 Å². The van der Waals surface area contributed by atoms with Crippen LogP contribution < -0.4 is 0 Å². The molecule has 3 heterocycles. The fourth-order valence-corrected chi connectivity index (χ4v) is 6.35. The lowest BCUT2D eigenvalue weighted by molar-refractivity contribution is -0.183. The van der Waals surface area contributed by atoms with Crippen LogP contribution in [0.3, 0.4) is 0 Å². The summed E-state index contributed by atoms with van der Waals surface area (Å²) in [6, 6.07) is 15.8. The third-order valence-corrected chi connectivity index (χ3v) is 7.96. The van der Waals surface area contributed by atoms with E-state index in [1.165, 1.54) is 16.0 Å². The summed E-state index contributed by atoms with van der Waals surface area (Å²) in [5.41, 5.74) is 2.88. The van der Waals surface area contributed by atoms with Crippen molar-refractivity contribution < 1.29 is 14.7 Å². The zero-order chi connectivity index (χ0) is 22.0. The van der Waals surface area contributed by atoms with E-state index in [-0.39, 0.29) is 18.4 Å². The van der Waals surface area contributed by atoms with Crippen molar-refractivity contribution in [3.05, 3.63) is 70.2 Å². The molecule has 0 radical (unpaired) electrons. The maximum absolute atomic E-state index is 13.8. The highest BCUT2D eigenvalue weighted by Gasteiger charge is 2.65. The first-order valence-electron chi connectivity index (χ1n) is 11.3. The van der Waals surface area contributed by atoms with Gasteiger partial charge in [-0.15, -0.1) is 0 Å². The number of benzene rings is 2. The van der Waals surface area contributed by atoms with Crippen LogP contribution in [0.15, 0.2) is 48.5 Å². The zero-order valence-electron chi connectivity index (χ0n) is 17.8. The highest BCUT2D eigenvalue weighted by atomic mass is 35.5. The van der Waals surface area contributed by atoms with Crippen LogP contribution >= 0.6 is 11.6 Å². The van der Waals surface area contributed by atoms with E-state index in [0.717, 1.165) is 18.4 Å². The van der Waals surface area contributed by atoms with Gasteiger partial charge in [0, 0.05) is 30.7 Å². The number of aliphatic hydroxyl groups excluding tert-OH is 1. The number of rotatable bonds is 3. The molecule has 2 aromatic rings. The average Bonchev–Trinajstić information content (AvgIpc) is 3.34. The first-order valence-corrected chi connectivity index (χ1v) is 11.7. The van der Waals surface area contributed by atoms with Crippen molar-refractivity contribution in [3.8, 4) is 0 Å². The van der Waals surface area contributed by atoms with Gasteiger partial charge in [-0.2, -0.15) is 0 Å². The molecule has 7 heteroatoms. The summed E-state index contributed by atoms with van der Waals surface area (Å²) >= 11 is 6.13. The summed E-state index contributed by atoms with van der Waals surface area (Å²) in [6.45, 7) is 1.81. The summed E-state index contributed by atoms with van der Waals surface area (Å²) in [5.74, 6) is -0.344. The molecule has 2 aromatic carbocycles. The zero-order valence-corrected chi connectivity index (χ0v) is 18.5. The molecule has 6 nitrogen and oxygen atoms in total. The Bertz CT molecular complexity index is 1070. The molecule has 2 amide bonds. The highest BCUT2D eigenvalue weighted by molar-refractivity contribution is 6.30. The van der Waals surface area contributed by atoms with Crippen molar-refractivity contribution in [2.75, 3.05) is 19.6 Å². The summed E-state index contributed by atoms with van der Waals surface area (Å²) in [4.78, 5) is 32.8. The number of fused-ring (bicyclic) bond motifs is 3. The van der Waals surface area contributed by atoms with Crippen molar-refractivity contribution in [2.45, 2.75) is 49.5 Å². The Kier molecular flexibility index (Phi) is 4.70. The van der Waals surface area contributed by atoms with Crippen LogP contribution in [-0.2, 0) is 29.0 Å². The third-order valence-electron chi connectivity index (χ3n) is 7.73. The molecule has 3 aliphatic heterocycles. The molecule has 2 unspecified atom stereocenters. The average molecular weight is 452 g/mol. The number of aliphatic hydroxyl groups is 1. The van der Waals surface area contributed by atoms with E-state index in [2.05, 4.69) is 29.2 Å². The van der Waals surface area contributed by atoms with Gasteiger partial charge in [0.1, 0.15) is 5.54 Å². The van der Waals surface area contributed by atoms with Crippen LogP contribution in [0.1, 0.15) is 23.1 Å². The first-order chi connectivity index (χ1) is 15.4. The van der Waals surface area contributed by atoms with Gasteiger partial charge in [-0.05, 0) is 48.1 Å². The van der Waals surface area contributed by atoms with E-state index in [0.29, 0.717) is 37.1 Å². The number of carbonyl (C=O) groups is 2. The minimum absolute atomic E-state index is 0.139. The second-order valence-corrected chi connectivity index (χ2v) is 10.1. The normalized spacial score (nSPS) is 27.6. The number of imide groups is 1. The topological polar surface area (TPSA) is 64.1 Å². The van der Waals surface area contributed by atoms with Crippen LogP contribution in [0.25, 0.3) is 0 Å². The number of hydrogen-bond acceptors (Lipinski definition) is 5. The van der Waals surface area contributed by atoms with Crippen LogP contribution in [0.4, 0.5) is 0 Å². The quantitative estimate of drug-likeness (QED) is 0.722. The minimum atomic E-state index is -0.733. The van der Waals surface area contributed by atoms with E-state index in [4.69, 9.17) is 11.6 Å². The lowest BCUT2D eigenvalue weighted by Gasteiger charge is -2.60. The van der Waals surface area contributed by atoms with E-state index in [1.54, 1.807) is 12.1 Å². The van der Waals surface area contributed by atoms with Gasteiger partial charge < -0.3 is 5.11 Å². The number of amides is 2. The van der Waals surface area contributed by atoms with Crippen LogP contribution in [-0.4, -0.2) is 75.0 Å². The Morgan fingerprint density at radius 1 is 1.03 bits per heavy atom. The largest absolute Gasteiger partial charge is 0.392 e. The fourth-order valence-electron chi connectivity index (χ4n) is 6.14. The lowest BCUT2D eigenvalue weighted by Crippen LogP contribution is -2.82. The second kappa shape index (κ2) is 7.39. The van der Waals surface area contributed by atoms with E-state index < -0.39 is 17.7 Å².